The number of aromatic nitrogens is 1. The number of hydrogen-bond acceptors (Lipinski definition) is 6. The Labute approximate surface area is 194 Å². The summed E-state index contributed by atoms with van der Waals surface area (Å²) in [4.78, 5) is 17.5. The van der Waals surface area contributed by atoms with Crippen molar-refractivity contribution in [1.29, 1.82) is 0 Å². The number of methoxy groups -OCH3 is 1. The van der Waals surface area contributed by atoms with Crippen molar-refractivity contribution in [2.24, 2.45) is 5.92 Å². The molecule has 0 amide bonds. The number of H-pyrrole nitrogens is 1. The SMILES string of the molecule is COC(=O)c1cc2[nH]ccc2c(OCC(O)CN2CCC(COc3ccccc3)CC2)c1C. The molecular weight excluding hydrogens is 420 g/mol. The van der Waals surface area contributed by atoms with Gasteiger partial charge in [-0.1, -0.05) is 18.2 Å². The van der Waals surface area contributed by atoms with Crippen LogP contribution in [0.3, 0.4) is 0 Å². The third-order valence-corrected chi connectivity index (χ3v) is 6.29. The first-order chi connectivity index (χ1) is 16.0. The van der Waals surface area contributed by atoms with Crippen LogP contribution in [0.25, 0.3) is 10.9 Å². The van der Waals surface area contributed by atoms with Gasteiger partial charge < -0.3 is 29.2 Å². The second-order valence-corrected chi connectivity index (χ2v) is 8.64. The summed E-state index contributed by atoms with van der Waals surface area (Å²) in [5.74, 6) is 1.63. The van der Waals surface area contributed by atoms with E-state index < -0.39 is 12.1 Å². The number of aromatic amines is 1. The summed E-state index contributed by atoms with van der Waals surface area (Å²) in [5, 5.41) is 11.5. The summed E-state index contributed by atoms with van der Waals surface area (Å²) in [6.45, 7) is 5.13. The van der Waals surface area contributed by atoms with Crippen molar-refractivity contribution >= 4 is 16.9 Å². The van der Waals surface area contributed by atoms with Crippen LogP contribution < -0.4 is 9.47 Å². The summed E-state index contributed by atoms with van der Waals surface area (Å²) >= 11 is 0. The number of aliphatic hydroxyl groups excluding tert-OH is 1. The van der Waals surface area contributed by atoms with Gasteiger partial charge in [0.05, 0.1) is 19.3 Å². The minimum absolute atomic E-state index is 0.156. The van der Waals surface area contributed by atoms with Gasteiger partial charge in [-0.25, -0.2) is 4.79 Å². The number of carbonyl (C=O) groups is 1. The summed E-state index contributed by atoms with van der Waals surface area (Å²) in [7, 11) is 1.36. The number of rotatable bonds is 9. The molecular formula is C26H32N2O5. The Kier molecular flexibility index (Phi) is 7.52. The van der Waals surface area contributed by atoms with Crippen LogP contribution in [0.5, 0.6) is 11.5 Å². The smallest absolute Gasteiger partial charge is 0.338 e. The number of hydrogen-bond donors (Lipinski definition) is 2. The van der Waals surface area contributed by atoms with Crippen LogP contribution in [-0.4, -0.2) is 67.0 Å². The molecule has 0 bridgehead atoms. The van der Waals surface area contributed by atoms with Gasteiger partial charge in [0, 0.05) is 29.2 Å². The molecule has 0 spiro atoms. The molecule has 1 aromatic heterocycles. The summed E-state index contributed by atoms with van der Waals surface area (Å²) in [6.07, 6.45) is 3.27. The van der Waals surface area contributed by atoms with Crippen molar-refractivity contribution in [2.45, 2.75) is 25.9 Å². The highest BCUT2D eigenvalue weighted by Gasteiger charge is 2.23. The predicted octanol–water partition coefficient (Wildman–Crippen LogP) is 3.79. The molecule has 1 fully saturated rings. The van der Waals surface area contributed by atoms with Crippen LogP contribution in [0, 0.1) is 12.8 Å². The molecule has 1 saturated heterocycles. The fraction of sp³-hybridized carbons (Fsp3) is 0.423. The van der Waals surface area contributed by atoms with Gasteiger partial charge in [0.25, 0.3) is 0 Å². The van der Waals surface area contributed by atoms with Crippen LogP contribution in [0.1, 0.15) is 28.8 Å². The maximum Gasteiger partial charge on any atom is 0.338 e. The Hall–Kier alpha value is -3.03. The fourth-order valence-corrected chi connectivity index (χ4v) is 4.38. The molecule has 0 aliphatic carbocycles. The van der Waals surface area contributed by atoms with Crippen LogP contribution in [0.15, 0.2) is 48.7 Å². The van der Waals surface area contributed by atoms with Gasteiger partial charge in [-0.2, -0.15) is 0 Å². The minimum Gasteiger partial charge on any atom is -0.493 e. The number of nitrogens with zero attached hydrogens (tertiary/aromatic N) is 1. The first-order valence-corrected chi connectivity index (χ1v) is 11.4. The molecule has 7 heteroatoms. The molecule has 1 atom stereocenters. The highest BCUT2D eigenvalue weighted by atomic mass is 16.5. The number of esters is 1. The number of benzene rings is 2. The maximum atomic E-state index is 12.1. The van der Waals surface area contributed by atoms with Crippen LogP contribution in [0.2, 0.25) is 0 Å². The van der Waals surface area contributed by atoms with E-state index in [1.165, 1.54) is 7.11 Å². The Bertz CT molecular complexity index is 1060. The van der Waals surface area contributed by atoms with Gasteiger partial charge in [0.2, 0.25) is 0 Å². The fourth-order valence-electron chi connectivity index (χ4n) is 4.38. The van der Waals surface area contributed by atoms with Crippen LogP contribution in [0.4, 0.5) is 0 Å². The molecule has 2 N–H and O–H groups in total. The second kappa shape index (κ2) is 10.7. The Balaban J connectivity index is 1.27. The van der Waals surface area contributed by atoms with Crippen molar-refractivity contribution in [2.75, 3.05) is 40.0 Å². The van der Waals surface area contributed by atoms with Crippen LogP contribution >= 0.6 is 0 Å². The average Bonchev–Trinajstić information content (AvgIpc) is 3.31. The van der Waals surface area contributed by atoms with Gasteiger partial charge in [-0.15, -0.1) is 0 Å². The Morgan fingerprint density at radius 2 is 1.94 bits per heavy atom. The zero-order chi connectivity index (χ0) is 23.2. The van der Waals surface area contributed by atoms with Gasteiger partial charge >= 0.3 is 5.97 Å². The lowest BCUT2D eigenvalue weighted by Crippen LogP contribution is -2.41. The van der Waals surface area contributed by atoms with Crippen molar-refractivity contribution in [3.05, 3.63) is 59.8 Å². The third kappa shape index (κ3) is 5.67. The number of carbonyl (C=O) groups excluding carboxylic acids is 1. The molecule has 3 aromatic rings. The molecule has 1 aliphatic heterocycles. The quantitative estimate of drug-likeness (QED) is 0.481. The van der Waals surface area contributed by atoms with Gasteiger partial charge in [0.1, 0.15) is 24.2 Å². The van der Waals surface area contributed by atoms with E-state index in [9.17, 15) is 9.90 Å². The Morgan fingerprint density at radius 1 is 1.18 bits per heavy atom. The lowest BCUT2D eigenvalue weighted by molar-refractivity contribution is 0.0504. The standard InChI is InChI=1S/C26H32N2O5/c1-18-23(26(30)31-2)14-24-22(8-11-27-24)25(18)33-17-20(29)15-28-12-9-19(10-13-28)16-32-21-6-4-3-5-7-21/h3-8,11,14,19-20,27,29H,9-10,12-13,15-17H2,1-2H3. The molecule has 176 valence electrons. The molecule has 0 saturated carbocycles. The van der Waals surface area contributed by atoms with Gasteiger partial charge in [-0.3, -0.25) is 0 Å². The van der Waals surface area contributed by atoms with E-state index in [4.69, 9.17) is 14.2 Å². The minimum atomic E-state index is -0.628. The number of likely N-dealkylation sites (tertiary alicyclic amines) is 1. The largest absolute Gasteiger partial charge is 0.493 e. The molecule has 0 radical (unpaired) electrons. The molecule has 1 unspecified atom stereocenters. The van der Waals surface area contributed by atoms with Crippen molar-refractivity contribution in [1.82, 2.24) is 9.88 Å². The number of fused-ring (bicyclic) bond motifs is 1. The predicted molar refractivity (Wildman–Crippen MR) is 127 cm³/mol. The number of piperidine rings is 1. The molecule has 7 nitrogen and oxygen atoms in total. The highest BCUT2D eigenvalue weighted by Crippen LogP contribution is 2.32. The maximum absolute atomic E-state index is 12.1. The number of aliphatic hydroxyl groups is 1. The van der Waals surface area contributed by atoms with E-state index >= 15 is 0 Å². The molecule has 2 aromatic carbocycles. The van der Waals surface area contributed by atoms with E-state index in [0.29, 0.717) is 29.3 Å². The van der Waals surface area contributed by atoms with Crippen molar-refractivity contribution in [3.63, 3.8) is 0 Å². The molecule has 2 heterocycles. The number of para-hydroxylation sites is 1. The molecule has 4 rings (SSSR count). The first kappa shape index (κ1) is 23.1. The normalized spacial score (nSPS) is 16.0. The third-order valence-electron chi connectivity index (χ3n) is 6.29. The lowest BCUT2D eigenvalue weighted by Gasteiger charge is -2.33. The van der Waals surface area contributed by atoms with Gasteiger partial charge in [0.15, 0.2) is 0 Å². The average molecular weight is 453 g/mol. The number of ether oxygens (including phenoxy) is 3. The van der Waals surface area contributed by atoms with E-state index in [2.05, 4.69) is 9.88 Å². The number of nitrogens with one attached hydrogen (secondary N) is 1. The van der Waals surface area contributed by atoms with E-state index in [0.717, 1.165) is 49.2 Å². The Morgan fingerprint density at radius 3 is 2.67 bits per heavy atom. The topological polar surface area (TPSA) is 84.0 Å². The highest BCUT2D eigenvalue weighted by molar-refractivity contribution is 5.99. The monoisotopic (exact) mass is 452 g/mol. The van der Waals surface area contributed by atoms with E-state index in [1.54, 1.807) is 12.3 Å². The zero-order valence-electron chi connectivity index (χ0n) is 19.3. The molecule has 1 aliphatic rings. The van der Waals surface area contributed by atoms with E-state index in [1.807, 2.05) is 43.3 Å². The second-order valence-electron chi connectivity index (χ2n) is 8.64. The number of β-amino-alcohol motifs (C(OH)–C–C–N with tert-alkyl or cyclic N) is 1. The first-order valence-electron chi connectivity index (χ1n) is 11.4. The van der Waals surface area contributed by atoms with Gasteiger partial charge in [-0.05, 0) is 63.0 Å². The van der Waals surface area contributed by atoms with Crippen molar-refractivity contribution < 1.29 is 24.1 Å². The summed E-state index contributed by atoms with van der Waals surface area (Å²) in [6, 6.07) is 13.6. The molecule has 33 heavy (non-hydrogen) atoms. The van der Waals surface area contributed by atoms with E-state index in [-0.39, 0.29) is 6.61 Å². The summed E-state index contributed by atoms with van der Waals surface area (Å²) < 4.78 is 16.8. The zero-order valence-corrected chi connectivity index (χ0v) is 19.3. The summed E-state index contributed by atoms with van der Waals surface area (Å²) in [5.41, 5.74) is 1.96. The van der Waals surface area contributed by atoms with Crippen LogP contribution in [-0.2, 0) is 4.74 Å². The lowest BCUT2D eigenvalue weighted by atomic mass is 9.97. The van der Waals surface area contributed by atoms with Crippen molar-refractivity contribution in [3.8, 4) is 11.5 Å².